The van der Waals surface area contributed by atoms with E-state index in [4.69, 9.17) is 4.52 Å². The Hall–Kier alpha value is -3.60. The fourth-order valence-corrected chi connectivity index (χ4v) is 4.02. The van der Waals surface area contributed by atoms with Gasteiger partial charge in [0, 0.05) is 16.7 Å². The van der Waals surface area contributed by atoms with Gasteiger partial charge in [0.2, 0.25) is 5.82 Å². The monoisotopic (exact) mass is 392 g/mol. The first-order valence-corrected chi connectivity index (χ1v) is 10.4. The molecule has 1 atom stereocenters. The maximum Gasteiger partial charge on any atom is 0.258 e. The van der Waals surface area contributed by atoms with Crippen molar-refractivity contribution in [3.63, 3.8) is 0 Å². The van der Waals surface area contributed by atoms with Gasteiger partial charge < -0.3 is 4.52 Å². The summed E-state index contributed by atoms with van der Waals surface area (Å²) in [6.45, 7) is 0. The molecular weight excluding hydrogens is 372 g/mol. The van der Waals surface area contributed by atoms with Crippen molar-refractivity contribution in [3.05, 3.63) is 89.5 Å². The molecular formula is C25H20N4O. The van der Waals surface area contributed by atoms with Crippen LogP contribution in [-0.2, 0) is 6.42 Å². The molecule has 146 valence electrons. The summed E-state index contributed by atoms with van der Waals surface area (Å²) < 4.78 is 5.54. The highest BCUT2D eigenvalue weighted by Crippen LogP contribution is 2.50. The molecule has 1 fully saturated rings. The smallest absolute Gasteiger partial charge is 0.258 e. The lowest BCUT2D eigenvalue weighted by Gasteiger charge is -2.05. The van der Waals surface area contributed by atoms with Gasteiger partial charge in [0.05, 0.1) is 5.69 Å². The molecule has 3 aromatic carbocycles. The molecule has 0 spiro atoms. The van der Waals surface area contributed by atoms with E-state index in [2.05, 4.69) is 62.8 Å². The summed E-state index contributed by atoms with van der Waals surface area (Å²) in [5.74, 6) is 1.76. The van der Waals surface area contributed by atoms with Crippen LogP contribution < -0.4 is 0 Å². The van der Waals surface area contributed by atoms with E-state index in [-0.39, 0.29) is 6.04 Å². The van der Waals surface area contributed by atoms with Crippen LogP contribution in [0.4, 0.5) is 5.69 Å². The first-order chi connectivity index (χ1) is 14.8. The van der Waals surface area contributed by atoms with E-state index in [9.17, 15) is 0 Å². The molecule has 1 unspecified atom stereocenters. The quantitative estimate of drug-likeness (QED) is 0.387. The number of fused-ring (bicyclic) bond motifs is 1. The van der Waals surface area contributed by atoms with Crippen LogP contribution >= 0.6 is 0 Å². The van der Waals surface area contributed by atoms with E-state index >= 15 is 0 Å². The molecule has 6 rings (SSSR count). The van der Waals surface area contributed by atoms with Gasteiger partial charge in [-0.05, 0) is 48.4 Å². The van der Waals surface area contributed by atoms with E-state index in [0.29, 0.717) is 17.6 Å². The second kappa shape index (κ2) is 7.02. The normalized spacial score (nSPS) is 17.3. The third kappa shape index (κ3) is 3.22. The average molecular weight is 392 g/mol. The summed E-state index contributed by atoms with van der Waals surface area (Å²) >= 11 is 0. The van der Waals surface area contributed by atoms with Gasteiger partial charge in [0.15, 0.2) is 0 Å². The SMILES string of the molecule is c1ccc(Cc2ccc(-c3noc(-c4ccc5c(c4)N=NC5C4CC4)n3)cc2)cc1. The van der Waals surface area contributed by atoms with E-state index in [1.54, 1.807) is 0 Å². The Morgan fingerprint density at radius 1 is 0.833 bits per heavy atom. The molecule has 1 aromatic heterocycles. The third-order valence-corrected chi connectivity index (χ3v) is 5.84. The molecule has 0 radical (unpaired) electrons. The molecule has 0 amide bonds. The van der Waals surface area contributed by atoms with Crippen molar-refractivity contribution in [1.82, 2.24) is 10.1 Å². The molecule has 4 aromatic rings. The fraction of sp³-hybridized carbons (Fsp3) is 0.200. The van der Waals surface area contributed by atoms with Gasteiger partial charge in [-0.1, -0.05) is 65.8 Å². The molecule has 5 heteroatoms. The Bertz CT molecular complexity index is 1220. The van der Waals surface area contributed by atoms with Crippen molar-refractivity contribution in [1.29, 1.82) is 0 Å². The highest BCUT2D eigenvalue weighted by molar-refractivity contribution is 5.66. The Morgan fingerprint density at radius 3 is 2.40 bits per heavy atom. The van der Waals surface area contributed by atoms with E-state index in [0.717, 1.165) is 23.2 Å². The molecule has 2 aliphatic rings. The molecule has 2 heterocycles. The minimum Gasteiger partial charge on any atom is -0.334 e. The number of aromatic nitrogens is 2. The first kappa shape index (κ1) is 17.3. The third-order valence-electron chi connectivity index (χ3n) is 5.84. The lowest BCUT2D eigenvalue weighted by Crippen LogP contribution is -1.93. The van der Waals surface area contributed by atoms with Crippen molar-refractivity contribution in [2.45, 2.75) is 25.3 Å². The number of azo groups is 1. The number of rotatable bonds is 5. The standard InChI is InChI=1S/C25H20N4O/c1-2-4-16(5-3-1)14-17-6-8-19(9-7-17)24-26-25(30-29-24)20-12-13-21-22(15-20)27-28-23(21)18-10-11-18/h1-9,12-13,15,18,23H,10-11,14H2. The van der Waals surface area contributed by atoms with Gasteiger partial charge in [-0.3, -0.25) is 0 Å². The summed E-state index contributed by atoms with van der Waals surface area (Å²) in [5.41, 5.74) is 6.51. The fourth-order valence-electron chi connectivity index (χ4n) is 4.02. The zero-order chi connectivity index (χ0) is 19.9. The maximum absolute atomic E-state index is 5.54. The molecule has 5 nitrogen and oxygen atoms in total. The first-order valence-electron chi connectivity index (χ1n) is 10.4. The molecule has 0 bridgehead atoms. The molecule has 1 aliphatic carbocycles. The zero-order valence-electron chi connectivity index (χ0n) is 16.4. The van der Waals surface area contributed by atoms with E-state index < -0.39 is 0 Å². The van der Waals surface area contributed by atoms with Crippen LogP contribution in [0.25, 0.3) is 22.8 Å². The predicted molar refractivity (Wildman–Crippen MR) is 114 cm³/mol. The molecule has 30 heavy (non-hydrogen) atoms. The van der Waals surface area contributed by atoms with Crippen LogP contribution in [0.2, 0.25) is 0 Å². The lowest BCUT2D eigenvalue weighted by molar-refractivity contribution is 0.432. The van der Waals surface area contributed by atoms with Gasteiger partial charge in [0.1, 0.15) is 6.04 Å². The van der Waals surface area contributed by atoms with Gasteiger partial charge in [-0.25, -0.2) is 0 Å². The lowest BCUT2D eigenvalue weighted by atomic mass is 10.0. The summed E-state index contributed by atoms with van der Waals surface area (Å²) in [6, 6.07) is 25.2. The van der Waals surface area contributed by atoms with Crippen molar-refractivity contribution < 1.29 is 4.52 Å². The number of hydrogen-bond acceptors (Lipinski definition) is 5. The van der Waals surface area contributed by atoms with Crippen LogP contribution in [-0.4, -0.2) is 10.1 Å². The van der Waals surface area contributed by atoms with Crippen molar-refractivity contribution in [2.75, 3.05) is 0 Å². The van der Waals surface area contributed by atoms with Crippen LogP contribution in [0.1, 0.15) is 35.6 Å². The largest absolute Gasteiger partial charge is 0.334 e. The van der Waals surface area contributed by atoms with E-state index in [1.165, 1.54) is 29.5 Å². The van der Waals surface area contributed by atoms with Gasteiger partial charge in [-0.2, -0.15) is 15.2 Å². The molecule has 0 N–H and O–H groups in total. The van der Waals surface area contributed by atoms with Crippen molar-refractivity contribution in [2.24, 2.45) is 16.1 Å². The minimum atomic E-state index is 0.238. The Morgan fingerprint density at radius 2 is 1.60 bits per heavy atom. The molecule has 1 aliphatic heterocycles. The highest BCUT2D eigenvalue weighted by atomic mass is 16.5. The summed E-state index contributed by atoms with van der Waals surface area (Å²) in [7, 11) is 0. The Balaban J connectivity index is 1.22. The predicted octanol–water partition coefficient (Wildman–Crippen LogP) is 6.54. The average Bonchev–Trinajstić information content (AvgIpc) is 3.35. The minimum absolute atomic E-state index is 0.238. The van der Waals surface area contributed by atoms with Gasteiger partial charge in [-0.15, -0.1) is 0 Å². The topological polar surface area (TPSA) is 63.6 Å². The Labute approximate surface area is 174 Å². The van der Waals surface area contributed by atoms with Gasteiger partial charge >= 0.3 is 0 Å². The zero-order valence-corrected chi connectivity index (χ0v) is 16.4. The van der Waals surface area contributed by atoms with E-state index in [1.807, 2.05) is 30.3 Å². The number of hydrogen-bond donors (Lipinski definition) is 0. The molecule has 0 saturated heterocycles. The maximum atomic E-state index is 5.54. The molecule has 1 saturated carbocycles. The summed E-state index contributed by atoms with van der Waals surface area (Å²) in [4.78, 5) is 4.61. The summed E-state index contributed by atoms with van der Waals surface area (Å²) in [5, 5.41) is 13.0. The van der Waals surface area contributed by atoms with Crippen LogP contribution in [0, 0.1) is 5.92 Å². The Kier molecular flexibility index (Phi) is 4.04. The van der Waals surface area contributed by atoms with Crippen LogP contribution in [0.15, 0.2) is 87.5 Å². The van der Waals surface area contributed by atoms with Crippen LogP contribution in [0.5, 0.6) is 0 Å². The van der Waals surface area contributed by atoms with Crippen molar-refractivity contribution in [3.8, 4) is 22.8 Å². The number of nitrogens with zero attached hydrogens (tertiary/aromatic N) is 4. The van der Waals surface area contributed by atoms with Gasteiger partial charge in [0.25, 0.3) is 5.89 Å². The van der Waals surface area contributed by atoms with Crippen LogP contribution in [0.3, 0.4) is 0 Å². The number of benzene rings is 3. The summed E-state index contributed by atoms with van der Waals surface area (Å²) in [6.07, 6.45) is 3.41. The second-order valence-corrected chi connectivity index (χ2v) is 8.05. The van der Waals surface area contributed by atoms with Crippen molar-refractivity contribution >= 4 is 5.69 Å². The second-order valence-electron chi connectivity index (χ2n) is 8.05. The highest BCUT2D eigenvalue weighted by Gasteiger charge is 2.36.